The van der Waals surface area contributed by atoms with Crippen LogP contribution in [0.4, 0.5) is 5.69 Å². The average molecular weight is 341 g/mol. The summed E-state index contributed by atoms with van der Waals surface area (Å²) >= 11 is 0. The molecule has 1 atom stereocenters. The van der Waals surface area contributed by atoms with Gasteiger partial charge >= 0.3 is 0 Å². The molecule has 1 saturated carbocycles. The number of hydrogen-bond acceptors (Lipinski definition) is 4. The van der Waals surface area contributed by atoms with E-state index in [0.717, 1.165) is 18.8 Å². The molecule has 1 N–H and O–H groups in total. The topological polar surface area (TPSA) is 27.7 Å². The number of rotatable bonds is 6. The van der Waals surface area contributed by atoms with Crippen molar-refractivity contribution in [3.05, 3.63) is 35.5 Å². The Bertz CT molecular complexity index is 604. The number of nitrogens with one attached hydrogen (secondary N) is 1. The summed E-state index contributed by atoms with van der Waals surface area (Å²) < 4.78 is 5.94. The summed E-state index contributed by atoms with van der Waals surface area (Å²) in [6.07, 6.45) is 9.02. The van der Waals surface area contributed by atoms with Crippen molar-refractivity contribution in [3.63, 3.8) is 0 Å². The van der Waals surface area contributed by atoms with Crippen LogP contribution in [0.3, 0.4) is 0 Å². The average Bonchev–Trinajstić information content (AvgIpc) is 3.28. The number of anilines is 1. The van der Waals surface area contributed by atoms with Crippen molar-refractivity contribution in [3.8, 4) is 5.75 Å². The van der Waals surface area contributed by atoms with Crippen LogP contribution in [0.25, 0.3) is 0 Å². The largest absolute Gasteiger partial charge is 0.494 e. The second-order valence-electron chi connectivity index (χ2n) is 7.64. The van der Waals surface area contributed by atoms with Gasteiger partial charge in [0.25, 0.3) is 0 Å². The molecule has 0 bridgehead atoms. The van der Waals surface area contributed by atoms with Crippen LogP contribution >= 0.6 is 0 Å². The highest BCUT2D eigenvalue weighted by atomic mass is 16.5. The van der Waals surface area contributed by atoms with E-state index in [-0.39, 0.29) is 0 Å². The number of hydrazine groups is 1. The zero-order chi connectivity index (χ0) is 17.1. The second-order valence-corrected chi connectivity index (χ2v) is 7.64. The van der Waals surface area contributed by atoms with Crippen molar-refractivity contribution < 1.29 is 4.74 Å². The third-order valence-corrected chi connectivity index (χ3v) is 5.86. The van der Waals surface area contributed by atoms with Gasteiger partial charge in [-0.2, -0.15) is 0 Å². The fourth-order valence-electron chi connectivity index (χ4n) is 4.48. The number of ether oxygens (including phenoxy) is 1. The number of benzene rings is 1. The number of fused-ring (bicyclic) bond motifs is 1. The molecule has 25 heavy (non-hydrogen) atoms. The highest BCUT2D eigenvalue weighted by Gasteiger charge is 2.32. The van der Waals surface area contributed by atoms with Gasteiger partial charge in [-0.15, -0.1) is 0 Å². The maximum atomic E-state index is 5.94. The fourth-order valence-corrected chi connectivity index (χ4v) is 4.48. The van der Waals surface area contributed by atoms with Crippen LogP contribution in [-0.4, -0.2) is 37.2 Å². The van der Waals surface area contributed by atoms with Gasteiger partial charge in [0.1, 0.15) is 5.75 Å². The molecule has 1 unspecified atom stereocenters. The maximum Gasteiger partial charge on any atom is 0.119 e. The SMILES string of the molecule is CC1=C2CCCCC2N(c2ccc(OCCCN3CCCC3)cc2)N1. The number of allylic oxidation sites excluding steroid dienone is 1. The molecule has 1 aliphatic carbocycles. The number of likely N-dealkylation sites (tertiary alicyclic amines) is 1. The first kappa shape index (κ1) is 16.8. The highest BCUT2D eigenvalue weighted by molar-refractivity contribution is 5.54. The van der Waals surface area contributed by atoms with Crippen LogP contribution in [0, 0.1) is 0 Å². The molecule has 4 heteroatoms. The van der Waals surface area contributed by atoms with E-state index in [0.29, 0.717) is 6.04 Å². The molecular weight excluding hydrogens is 310 g/mol. The maximum absolute atomic E-state index is 5.94. The predicted octanol–water partition coefficient (Wildman–Crippen LogP) is 4.09. The van der Waals surface area contributed by atoms with E-state index in [4.69, 9.17) is 4.74 Å². The Morgan fingerprint density at radius 1 is 1.08 bits per heavy atom. The smallest absolute Gasteiger partial charge is 0.119 e. The third-order valence-electron chi connectivity index (χ3n) is 5.86. The van der Waals surface area contributed by atoms with Crippen molar-refractivity contribution in [2.75, 3.05) is 31.3 Å². The molecule has 1 aromatic carbocycles. The van der Waals surface area contributed by atoms with Gasteiger partial charge in [0, 0.05) is 12.2 Å². The van der Waals surface area contributed by atoms with E-state index in [9.17, 15) is 0 Å². The van der Waals surface area contributed by atoms with Gasteiger partial charge in [-0.05, 0) is 88.4 Å². The van der Waals surface area contributed by atoms with Gasteiger partial charge in [-0.1, -0.05) is 6.42 Å². The first-order valence-corrected chi connectivity index (χ1v) is 10.0. The van der Waals surface area contributed by atoms with Crippen LogP contribution in [0.2, 0.25) is 0 Å². The van der Waals surface area contributed by atoms with Crippen LogP contribution in [0.5, 0.6) is 5.75 Å². The van der Waals surface area contributed by atoms with Crippen LogP contribution in [0.15, 0.2) is 35.5 Å². The van der Waals surface area contributed by atoms with Crippen LogP contribution in [0.1, 0.15) is 51.9 Å². The summed E-state index contributed by atoms with van der Waals surface area (Å²) in [4.78, 5) is 2.54. The summed E-state index contributed by atoms with van der Waals surface area (Å²) in [5, 5.41) is 2.35. The molecule has 0 radical (unpaired) electrons. The summed E-state index contributed by atoms with van der Waals surface area (Å²) in [5.74, 6) is 0.984. The molecule has 136 valence electrons. The Hall–Kier alpha value is -1.68. The van der Waals surface area contributed by atoms with Crippen molar-refractivity contribution in [2.24, 2.45) is 0 Å². The molecule has 0 spiro atoms. The van der Waals surface area contributed by atoms with E-state index in [2.05, 4.69) is 46.5 Å². The summed E-state index contributed by atoms with van der Waals surface area (Å²) in [6.45, 7) is 6.74. The normalized spacial score (nSPS) is 23.7. The second kappa shape index (κ2) is 7.69. The van der Waals surface area contributed by atoms with Crippen molar-refractivity contribution >= 4 is 5.69 Å². The van der Waals surface area contributed by atoms with Crippen molar-refractivity contribution in [2.45, 2.75) is 57.9 Å². The lowest BCUT2D eigenvalue weighted by Gasteiger charge is -2.31. The standard InChI is InChI=1S/C21H31N3O/c1-17-20-7-2-3-8-21(20)24(22-17)18-9-11-19(12-10-18)25-16-6-15-23-13-4-5-14-23/h9-12,21-22H,2-8,13-16H2,1H3. The zero-order valence-electron chi connectivity index (χ0n) is 15.5. The molecule has 4 rings (SSSR count). The van der Waals surface area contributed by atoms with E-state index in [1.807, 2.05) is 0 Å². The van der Waals surface area contributed by atoms with Crippen LogP contribution < -0.4 is 15.2 Å². The molecule has 2 heterocycles. The summed E-state index contributed by atoms with van der Waals surface area (Å²) in [7, 11) is 0. The fraction of sp³-hybridized carbons (Fsp3) is 0.619. The predicted molar refractivity (Wildman–Crippen MR) is 103 cm³/mol. The summed E-state index contributed by atoms with van der Waals surface area (Å²) in [6, 6.07) is 9.15. The van der Waals surface area contributed by atoms with Crippen molar-refractivity contribution in [1.29, 1.82) is 0 Å². The lowest BCUT2D eigenvalue weighted by Crippen LogP contribution is -2.40. The van der Waals surface area contributed by atoms with E-state index in [1.54, 1.807) is 5.57 Å². The Kier molecular flexibility index (Phi) is 5.16. The van der Waals surface area contributed by atoms with E-state index in [1.165, 1.54) is 69.5 Å². The monoisotopic (exact) mass is 341 g/mol. The Balaban J connectivity index is 1.28. The first-order chi connectivity index (χ1) is 12.3. The van der Waals surface area contributed by atoms with Crippen molar-refractivity contribution in [1.82, 2.24) is 10.3 Å². The lowest BCUT2D eigenvalue weighted by atomic mass is 9.89. The van der Waals surface area contributed by atoms with Gasteiger partial charge in [0.2, 0.25) is 0 Å². The Labute approximate surface area is 151 Å². The molecule has 4 nitrogen and oxygen atoms in total. The third kappa shape index (κ3) is 3.79. The molecule has 2 fully saturated rings. The van der Waals surface area contributed by atoms with E-state index >= 15 is 0 Å². The number of hydrogen-bond donors (Lipinski definition) is 1. The molecule has 1 aromatic rings. The minimum Gasteiger partial charge on any atom is -0.494 e. The molecule has 3 aliphatic rings. The van der Waals surface area contributed by atoms with Gasteiger partial charge in [-0.3, -0.25) is 5.01 Å². The first-order valence-electron chi connectivity index (χ1n) is 10.0. The van der Waals surface area contributed by atoms with Gasteiger partial charge in [0.15, 0.2) is 0 Å². The van der Waals surface area contributed by atoms with Gasteiger partial charge in [0.05, 0.1) is 18.3 Å². The zero-order valence-corrected chi connectivity index (χ0v) is 15.5. The minimum atomic E-state index is 0.543. The molecular formula is C21H31N3O. The molecule has 0 amide bonds. The highest BCUT2D eigenvalue weighted by Crippen LogP contribution is 2.36. The summed E-state index contributed by atoms with van der Waals surface area (Å²) in [5.41, 5.74) is 7.78. The Morgan fingerprint density at radius 2 is 1.88 bits per heavy atom. The van der Waals surface area contributed by atoms with E-state index < -0.39 is 0 Å². The molecule has 0 aromatic heterocycles. The van der Waals surface area contributed by atoms with Gasteiger partial charge in [-0.25, -0.2) is 0 Å². The molecule has 1 saturated heterocycles. The van der Waals surface area contributed by atoms with Crippen LogP contribution in [-0.2, 0) is 0 Å². The quantitative estimate of drug-likeness (QED) is 0.789. The lowest BCUT2D eigenvalue weighted by molar-refractivity contribution is 0.263. The minimum absolute atomic E-state index is 0.543. The number of nitrogens with zero attached hydrogens (tertiary/aromatic N) is 2. The molecule has 2 aliphatic heterocycles. The Morgan fingerprint density at radius 3 is 2.68 bits per heavy atom. The van der Waals surface area contributed by atoms with Gasteiger partial charge < -0.3 is 15.1 Å².